The van der Waals surface area contributed by atoms with Crippen LogP contribution in [0.1, 0.15) is 10.6 Å². The number of para-hydroxylation sites is 1. The fourth-order valence-electron chi connectivity index (χ4n) is 2.07. The maximum absolute atomic E-state index is 12.7. The predicted molar refractivity (Wildman–Crippen MR) is 88.3 cm³/mol. The molecule has 24 heavy (non-hydrogen) atoms. The molecule has 0 amide bonds. The number of benzene rings is 2. The number of nitrogens with zero attached hydrogens (tertiary/aromatic N) is 2. The summed E-state index contributed by atoms with van der Waals surface area (Å²) < 4.78 is 39.1. The van der Waals surface area contributed by atoms with Crippen molar-refractivity contribution in [2.24, 2.45) is 0 Å². The normalized spacial score (nSPS) is 12.2. The SMILES string of the molecule is N#C/C(=C\Nc1cccc(C(F)(F)F)c1)c1nc2ccccc2s1. The van der Waals surface area contributed by atoms with Gasteiger partial charge in [0.1, 0.15) is 16.6 Å². The molecule has 1 heterocycles. The van der Waals surface area contributed by atoms with Gasteiger partial charge >= 0.3 is 6.18 Å². The smallest absolute Gasteiger partial charge is 0.360 e. The van der Waals surface area contributed by atoms with E-state index in [-0.39, 0.29) is 11.3 Å². The van der Waals surface area contributed by atoms with E-state index in [2.05, 4.69) is 10.3 Å². The minimum absolute atomic E-state index is 0.249. The number of halogens is 3. The van der Waals surface area contributed by atoms with Gasteiger partial charge in [-0.3, -0.25) is 0 Å². The van der Waals surface area contributed by atoms with Gasteiger partial charge in [-0.15, -0.1) is 11.3 Å². The van der Waals surface area contributed by atoms with Gasteiger partial charge in [0.25, 0.3) is 0 Å². The van der Waals surface area contributed by atoms with Crippen LogP contribution in [0, 0.1) is 11.3 Å². The van der Waals surface area contributed by atoms with E-state index in [4.69, 9.17) is 0 Å². The lowest BCUT2D eigenvalue weighted by atomic mass is 10.2. The molecule has 0 unspecified atom stereocenters. The summed E-state index contributed by atoms with van der Waals surface area (Å²) in [7, 11) is 0. The molecule has 0 saturated carbocycles. The maximum Gasteiger partial charge on any atom is 0.416 e. The number of nitrogens with one attached hydrogen (secondary N) is 1. The van der Waals surface area contributed by atoms with E-state index in [1.807, 2.05) is 30.3 Å². The highest BCUT2D eigenvalue weighted by Gasteiger charge is 2.30. The minimum atomic E-state index is -4.41. The van der Waals surface area contributed by atoms with E-state index in [9.17, 15) is 18.4 Å². The zero-order chi connectivity index (χ0) is 17.2. The van der Waals surface area contributed by atoms with Gasteiger partial charge < -0.3 is 5.32 Å². The lowest BCUT2D eigenvalue weighted by Gasteiger charge is -2.08. The number of hydrogen-bond acceptors (Lipinski definition) is 4. The maximum atomic E-state index is 12.7. The van der Waals surface area contributed by atoms with Gasteiger partial charge in [0.15, 0.2) is 0 Å². The molecular weight excluding hydrogens is 335 g/mol. The molecule has 0 fully saturated rings. The van der Waals surface area contributed by atoms with Gasteiger partial charge in [-0.05, 0) is 30.3 Å². The van der Waals surface area contributed by atoms with Crippen molar-refractivity contribution >= 4 is 32.8 Å². The summed E-state index contributed by atoms with van der Waals surface area (Å²) in [5, 5.41) is 12.5. The number of alkyl halides is 3. The van der Waals surface area contributed by atoms with E-state index in [1.54, 1.807) is 0 Å². The van der Waals surface area contributed by atoms with Crippen LogP contribution in [0.25, 0.3) is 15.8 Å². The van der Waals surface area contributed by atoms with Crippen LogP contribution in [0.5, 0.6) is 0 Å². The van der Waals surface area contributed by atoms with Crippen molar-refractivity contribution in [3.8, 4) is 6.07 Å². The van der Waals surface area contributed by atoms with Crippen LogP contribution < -0.4 is 5.32 Å². The molecular formula is C17H10F3N3S. The van der Waals surface area contributed by atoms with Gasteiger partial charge in [0, 0.05) is 11.9 Å². The Morgan fingerprint density at radius 1 is 1.17 bits per heavy atom. The third-order valence-electron chi connectivity index (χ3n) is 3.22. The Labute approximate surface area is 139 Å². The molecule has 3 nitrogen and oxygen atoms in total. The van der Waals surface area contributed by atoms with Crippen molar-refractivity contribution in [2.45, 2.75) is 6.18 Å². The number of hydrogen-bond donors (Lipinski definition) is 1. The Morgan fingerprint density at radius 2 is 1.96 bits per heavy atom. The van der Waals surface area contributed by atoms with Crippen LogP contribution in [-0.2, 0) is 6.18 Å². The van der Waals surface area contributed by atoms with Gasteiger partial charge in [0.2, 0.25) is 0 Å². The van der Waals surface area contributed by atoms with E-state index < -0.39 is 11.7 Å². The summed E-state index contributed by atoms with van der Waals surface area (Å²) >= 11 is 1.35. The van der Waals surface area contributed by atoms with Gasteiger partial charge in [-0.1, -0.05) is 18.2 Å². The number of aromatic nitrogens is 1. The molecule has 7 heteroatoms. The molecule has 0 radical (unpaired) electrons. The zero-order valence-corrected chi connectivity index (χ0v) is 12.9. The zero-order valence-electron chi connectivity index (χ0n) is 12.1. The van der Waals surface area contributed by atoms with Crippen molar-refractivity contribution in [1.82, 2.24) is 4.98 Å². The number of nitriles is 1. The van der Waals surface area contributed by atoms with Crippen molar-refractivity contribution in [2.75, 3.05) is 5.32 Å². The van der Waals surface area contributed by atoms with Crippen molar-refractivity contribution in [3.63, 3.8) is 0 Å². The molecule has 0 spiro atoms. The molecule has 1 aromatic heterocycles. The number of thiazole rings is 1. The monoisotopic (exact) mass is 345 g/mol. The molecule has 3 rings (SSSR count). The van der Waals surface area contributed by atoms with Crippen LogP contribution in [-0.4, -0.2) is 4.98 Å². The summed E-state index contributed by atoms with van der Waals surface area (Å²) in [5.74, 6) is 0. The topological polar surface area (TPSA) is 48.7 Å². The fraction of sp³-hybridized carbons (Fsp3) is 0.0588. The summed E-state index contributed by atoms with van der Waals surface area (Å²) in [5.41, 5.74) is 0.532. The number of allylic oxidation sites excluding steroid dienone is 1. The first kappa shape index (κ1) is 16.0. The average Bonchev–Trinajstić information content (AvgIpc) is 2.99. The van der Waals surface area contributed by atoms with Crippen LogP contribution in [0.3, 0.4) is 0 Å². The molecule has 0 saturated heterocycles. The second-order valence-corrected chi connectivity index (χ2v) is 5.91. The standard InChI is InChI=1S/C17H10F3N3S/c18-17(19,20)12-4-3-5-13(8-12)22-10-11(9-21)16-23-14-6-1-2-7-15(14)24-16/h1-8,10,22H/b11-10+. The quantitative estimate of drug-likeness (QED) is 0.656. The Balaban J connectivity index is 1.88. The molecule has 0 atom stereocenters. The fourth-order valence-corrected chi connectivity index (χ4v) is 3.00. The average molecular weight is 345 g/mol. The molecule has 0 aliphatic heterocycles. The Bertz CT molecular complexity index is 918. The van der Waals surface area contributed by atoms with Crippen molar-refractivity contribution < 1.29 is 13.2 Å². The molecule has 0 aliphatic rings. The first-order valence-electron chi connectivity index (χ1n) is 6.87. The van der Waals surface area contributed by atoms with Crippen molar-refractivity contribution in [1.29, 1.82) is 5.26 Å². The predicted octanol–water partition coefficient (Wildman–Crippen LogP) is 5.29. The molecule has 120 valence electrons. The van der Waals surface area contributed by atoms with Gasteiger partial charge in [0.05, 0.1) is 15.8 Å². The number of fused-ring (bicyclic) bond motifs is 1. The van der Waals surface area contributed by atoms with Crippen LogP contribution in [0.2, 0.25) is 0 Å². The minimum Gasteiger partial charge on any atom is -0.360 e. The summed E-state index contributed by atoms with van der Waals surface area (Å²) in [6.45, 7) is 0. The summed E-state index contributed by atoms with van der Waals surface area (Å²) in [6, 6.07) is 14.3. The molecule has 1 N–H and O–H groups in total. The van der Waals surface area contributed by atoms with Gasteiger partial charge in [-0.25, -0.2) is 4.98 Å². The van der Waals surface area contributed by atoms with E-state index in [0.717, 1.165) is 22.3 Å². The van der Waals surface area contributed by atoms with Crippen LogP contribution in [0.15, 0.2) is 54.7 Å². The lowest BCUT2D eigenvalue weighted by molar-refractivity contribution is -0.137. The Hall–Kier alpha value is -2.85. The number of rotatable bonds is 3. The number of anilines is 1. The first-order valence-corrected chi connectivity index (χ1v) is 7.69. The first-order chi connectivity index (χ1) is 11.5. The second-order valence-electron chi connectivity index (χ2n) is 4.88. The second kappa shape index (κ2) is 6.34. The highest BCUT2D eigenvalue weighted by Crippen LogP contribution is 2.31. The largest absolute Gasteiger partial charge is 0.416 e. The van der Waals surface area contributed by atoms with E-state index in [1.165, 1.54) is 29.7 Å². The highest BCUT2D eigenvalue weighted by molar-refractivity contribution is 7.19. The van der Waals surface area contributed by atoms with Crippen LogP contribution >= 0.6 is 11.3 Å². The van der Waals surface area contributed by atoms with E-state index >= 15 is 0 Å². The summed E-state index contributed by atoms with van der Waals surface area (Å²) in [6.07, 6.45) is -3.04. The molecule has 3 aromatic rings. The lowest BCUT2D eigenvalue weighted by Crippen LogP contribution is -2.05. The third kappa shape index (κ3) is 3.39. The Morgan fingerprint density at radius 3 is 2.67 bits per heavy atom. The molecule has 2 aromatic carbocycles. The third-order valence-corrected chi connectivity index (χ3v) is 4.29. The van der Waals surface area contributed by atoms with Crippen LogP contribution in [0.4, 0.5) is 18.9 Å². The Kier molecular flexibility index (Phi) is 4.23. The highest BCUT2D eigenvalue weighted by atomic mass is 32.1. The molecule has 0 bridgehead atoms. The van der Waals surface area contributed by atoms with Gasteiger partial charge in [-0.2, -0.15) is 18.4 Å². The summed E-state index contributed by atoms with van der Waals surface area (Å²) in [4.78, 5) is 4.36. The van der Waals surface area contributed by atoms with Crippen molar-refractivity contribution in [3.05, 3.63) is 65.3 Å². The van der Waals surface area contributed by atoms with E-state index in [0.29, 0.717) is 5.01 Å². The molecule has 0 aliphatic carbocycles.